The summed E-state index contributed by atoms with van der Waals surface area (Å²) in [7, 11) is 0. The van der Waals surface area contributed by atoms with Crippen LogP contribution in [0.4, 0.5) is 32.8 Å². The number of rotatable bonds is 8. The minimum Gasteiger partial charge on any atom is -0.489 e. The molecule has 1 aliphatic rings. The maximum Gasteiger partial charge on any atom is 0.416 e. The molecule has 4 nitrogen and oxygen atoms in total. The Morgan fingerprint density at radius 1 is 1.06 bits per heavy atom. The summed E-state index contributed by atoms with van der Waals surface area (Å²) in [6, 6.07) is 9.22. The number of anilines is 2. The molecule has 1 aliphatic carbocycles. The van der Waals surface area contributed by atoms with Crippen molar-refractivity contribution < 1.29 is 31.4 Å². The molecule has 0 saturated heterocycles. The Kier molecular flexibility index (Phi) is 5.99. The molecule has 10 heteroatoms. The van der Waals surface area contributed by atoms with Gasteiger partial charge in [0.15, 0.2) is 16.6 Å². The third-order valence-electron chi connectivity index (χ3n) is 4.59. The smallest absolute Gasteiger partial charge is 0.416 e. The molecule has 164 valence electrons. The molecule has 4 rings (SSSR count). The molecule has 0 atom stereocenters. The Hall–Kier alpha value is -2.88. The van der Waals surface area contributed by atoms with Crippen LogP contribution in [-0.4, -0.2) is 18.2 Å². The van der Waals surface area contributed by atoms with Gasteiger partial charge in [0, 0.05) is 16.6 Å². The van der Waals surface area contributed by atoms with Gasteiger partial charge in [-0.25, -0.2) is 4.98 Å². The molecule has 1 heterocycles. The maximum absolute atomic E-state index is 12.7. The first-order valence-electron chi connectivity index (χ1n) is 9.40. The van der Waals surface area contributed by atoms with Crippen molar-refractivity contribution in [1.29, 1.82) is 0 Å². The number of benzene rings is 2. The lowest BCUT2D eigenvalue weighted by Gasteiger charge is -2.13. The lowest BCUT2D eigenvalue weighted by molar-refractivity contribution is -0.137. The summed E-state index contributed by atoms with van der Waals surface area (Å²) in [6.45, 7) is -2.53. The van der Waals surface area contributed by atoms with Crippen molar-refractivity contribution >= 4 is 22.2 Å². The van der Waals surface area contributed by atoms with Crippen LogP contribution in [0.1, 0.15) is 18.4 Å². The van der Waals surface area contributed by atoms with Crippen molar-refractivity contribution in [2.75, 3.05) is 11.9 Å². The minimum atomic E-state index is -4.40. The Labute approximate surface area is 178 Å². The van der Waals surface area contributed by atoms with Crippen molar-refractivity contribution in [1.82, 2.24) is 4.98 Å². The normalized spacial score (nSPS) is 14.0. The van der Waals surface area contributed by atoms with Gasteiger partial charge in [-0.15, -0.1) is 11.3 Å². The molecular formula is C21H17F5N2O2S. The maximum atomic E-state index is 12.7. The molecule has 0 spiro atoms. The predicted octanol–water partition coefficient (Wildman–Crippen LogP) is 6.96. The molecular weight excluding hydrogens is 439 g/mol. The fraction of sp³-hybridized carbons (Fsp3) is 0.286. The zero-order valence-electron chi connectivity index (χ0n) is 16.0. The Bertz CT molecular complexity index is 1030. The Balaban J connectivity index is 1.50. The molecule has 0 unspecified atom stereocenters. The van der Waals surface area contributed by atoms with E-state index in [4.69, 9.17) is 4.74 Å². The predicted molar refractivity (Wildman–Crippen MR) is 107 cm³/mol. The zero-order chi connectivity index (χ0) is 22.0. The molecule has 3 aromatic rings. The standard InChI is InChI=1S/C21H17F5N2O2S/c22-19(23)30-17-8-3-13(9-18(17)29-10-12-1-2-12)16-11-31-20(28-16)27-15-6-4-14(5-7-15)21(24,25)26/h3-9,11-12,19H,1-2,10H2,(H,27,28). The number of alkyl halides is 5. The third-order valence-corrected chi connectivity index (χ3v) is 5.35. The van der Waals surface area contributed by atoms with Crippen molar-refractivity contribution in [2.45, 2.75) is 25.6 Å². The van der Waals surface area contributed by atoms with Crippen LogP contribution < -0.4 is 14.8 Å². The highest BCUT2D eigenvalue weighted by molar-refractivity contribution is 7.14. The van der Waals surface area contributed by atoms with Gasteiger partial charge in [-0.05, 0) is 61.2 Å². The van der Waals surface area contributed by atoms with Crippen molar-refractivity contribution in [3.05, 3.63) is 53.4 Å². The number of nitrogens with zero attached hydrogens (tertiary/aromatic N) is 1. The SMILES string of the molecule is FC(F)Oc1ccc(-c2csc(Nc3ccc(C(F)(F)F)cc3)n2)cc1OCC1CC1. The largest absolute Gasteiger partial charge is 0.489 e. The van der Waals surface area contributed by atoms with Crippen LogP contribution in [0.5, 0.6) is 11.5 Å². The minimum absolute atomic E-state index is 0.0438. The molecule has 0 bridgehead atoms. The number of hydrogen-bond acceptors (Lipinski definition) is 5. The second-order valence-electron chi connectivity index (χ2n) is 7.03. The lowest BCUT2D eigenvalue weighted by atomic mass is 10.1. The molecule has 2 aromatic carbocycles. The summed E-state index contributed by atoms with van der Waals surface area (Å²) in [4.78, 5) is 4.43. The highest BCUT2D eigenvalue weighted by Crippen LogP contribution is 2.37. The topological polar surface area (TPSA) is 43.4 Å². The van der Waals surface area contributed by atoms with E-state index in [0.29, 0.717) is 34.6 Å². The fourth-order valence-corrected chi connectivity index (χ4v) is 3.54. The van der Waals surface area contributed by atoms with Gasteiger partial charge in [0.05, 0.1) is 17.9 Å². The number of aromatic nitrogens is 1. The molecule has 1 N–H and O–H groups in total. The van der Waals surface area contributed by atoms with E-state index in [1.807, 2.05) is 0 Å². The molecule has 1 aromatic heterocycles. The molecule has 0 aliphatic heterocycles. The second-order valence-corrected chi connectivity index (χ2v) is 7.89. The van der Waals surface area contributed by atoms with Crippen LogP contribution in [0, 0.1) is 5.92 Å². The van der Waals surface area contributed by atoms with Gasteiger partial charge < -0.3 is 14.8 Å². The average molecular weight is 456 g/mol. The first kappa shape index (κ1) is 21.4. The summed E-state index contributed by atoms with van der Waals surface area (Å²) in [5.74, 6) is 0.606. The van der Waals surface area contributed by atoms with Crippen LogP contribution in [0.2, 0.25) is 0 Å². The summed E-state index contributed by atoms with van der Waals surface area (Å²) >= 11 is 1.26. The van der Waals surface area contributed by atoms with Gasteiger partial charge in [0.1, 0.15) is 0 Å². The van der Waals surface area contributed by atoms with Crippen molar-refractivity contribution in [2.24, 2.45) is 5.92 Å². The van der Waals surface area contributed by atoms with Crippen LogP contribution in [-0.2, 0) is 6.18 Å². The number of halogens is 5. The zero-order valence-corrected chi connectivity index (χ0v) is 16.8. The Morgan fingerprint density at radius 3 is 2.45 bits per heavy atom. The number of hydrogen-bond donors (Lipinski definition) is 1. The number of thiazole rings is 1. The third kappa shape index (κ3) is 5.63. The first-order chi connectivity index (χ1) is 14.8. The van der Waals surface area contributed by atoms with E-state index in [1.54, 1.807) is 17.5 Å². The van der Waals surface area contributed by atoms with Crippen molar-refractivity contribution in [3.63, 3.8) is 0 Å². The Morgan fingerprint density at radius 2 is 1.81 bits per heavy atom. The summed E-state index contributed by atoms with van der Waals surface area (Å²) in [5.41, 5.74) is 0.939. The molecule has 1 saturated carbocycles. The highest BCUT2D eigenvalue weighted by Gasteiger charge is 2.30. The van der Waals surface area contributed by atoms with Gasteiger partial charge in [0.2, 0.25) is 0 Å². The van der Waals surface area contributed by atoms with E-state index >= 15 is 0 Å². The van der Waals surface area contributed by atoms with Gasteiger partial charge in [-0.3, -0.25) is 0 Å². The van der Waals surface area contributed by atoms with Gasteiger partial charge in [-0.1, -0.05) is 0 Å². The van der Waals surface area contributed by atoms with E-state index in [-0.39, 0.29) is 11.5 Å². The van der Waals surface area contributed by atoms with Gasteiger partial charge in [0.25, 0.3) is 0 Å². The van der Waals surface area contributed by atoms with E-state index in [1.165, 1.54) is 29.5 Å². The lowest BCUT2D eigenvalue weighted by Crippen LogP contribution is -2.06. The number of ether oxygens (including phenoxy) is 2. The molecule has 0 radical (unpaired) electrons. The monoisotopic (exact) mass is 456 g/mol. The van der Waals surface area contributed by atoms with Crippen LogP contribution in [0.3, 0.4) is 0 Å². The molecule has 0 amide bonds. The second kappa shape index (κ2) is 8.70. The van der Waals surface area contributed by atoms with Crippen molar-refractivity contribution in [3.8, 4) is 22.8 Å². The molecule has 1 fully saturated rings. The van der Waals surface area contributed by atoms with Gasteiger partial charge in [-0.2, -0.15) is 22.0 Å². The van der Waals surface area contributed by atoms with Crippen LogP contribution in [0.15, 0.2) is 47.8 Å². The quantitative estimate of drug-likeness (QED) is 0.372. The average Bonchev–Trinajstić information content (AvgIpc) is 3.43. The van der Waals surface area contributed by atoms with E-state index in [0.717, 1.165) is 25.0 Å². The van der Waals surface area contributed by atoms with E-state index < -0.39 is 18.4 Å². The highest BCUT2D eigenvalue weighted by atomic mass is 32.1. The first-order valence-corrected chi connectivity index (χ1v) is 10.3. The van der Waals surface area contributed by atoms with Crippen LogP contribution in [0.25, 0.3) is 11.3 Å². The van der Waals surface area contributed by atoms with Crippen LogP contribution >= 0.6 is 11.3 Å². The summed E-state index contributed by atoms with van der Waals surface area (Å²) in [5, 5.41) is 5.18. The van der Waals surface area contributed by atoms with E-state index in [9.17, 15) is 22.0 Å². The summed E-state index contributed by atoms with van der Waals surface area (Å²) < 4.78 is 73.6. The summed E-state index contributed by atoms with van der Waals surface area (Å²) in [6.07, 6.45) is -2.29. The fourth-order valence-electron chi connectivity index (χ4n) is 2.80. The van der Waals surface area contributed by atoms with E-state index in [2.05, 4.69) is 15.0 Å². The van der Waals surface area contributed by atoms with Gasteiger partial charge >= 0.3 is 12.8 Å². The molecule has 31 heavy (non-hydrogen) atoms. The number of nitrogens with one attached hydrogen (secondary N) is 1.